The first kappa shape index (κ1) is 11.9. The average Bonchev–Trinajstić information content (AvgIpc) is 3.08. The van der Waals surface area contributed by atoms with Crippen molar-refractivity contribution in [1.29, 1.82) is 0 Å². The van der Waals surface area contributed by atoms with Crippen molar-refractivity contribution in [2.45, 2.75) is 13.0 Å². The van der Waals surface area contributed by atoms with Gasteiger partial charge in [0.15, 0.2) is 5.69 Å². The van der Waals surface area contributed by atoms with Crippen molar-refractivity contribution in [2.24, 2.45) is 0 Å². The molecule has 1 amide bonds. The van der Waals surface area contributed by atoms with E-state index in [0.29, 0.717) is 5.69 Å². The van der Waals surface area contributed by atoms with Crippen molar-refractivity contribution in [3.63, 3.8) is 0 Å². The van der Waals surface area contributed by atoms with Gasteiger partial charge in [0.05, 0.1) is 11.6 Å². The van der Waals surface area contributed by atoms with Gasteiger partial charge in [-0.3, -0.25) is 9.89 Å². The summed E-state index contributed by atoms with van der Waals surface area (Å²) in [7, 11) is 0. The van der Waals surface area contributed by atoms with Gasteiger partial charge in [0.25, 0.3) is 5.91 Å². The molecular weight excluding hydrogens is 260 g/mol. The quantitative estimate of drug-likeness (QED) is 0.769. The second kappa shape index (κ2) is 4.81. The molecule has 2 aromatic heterocycles. The van der Waals surface area contributed by atoms with E-state index in [9.17, 15) is 4.79 Å². The molecule has 0 bridgehead atoms. The first-order chi connectivity index (χ1) is 9.25. The SMILES string of the molecule is CC(NC(=O)c1n[nH]c2ccccc12)c1nccs1. The number of hydrogen-bond donors (Lipinski definition) is 2. The summed E-state index contributed by atoms with van der Waals surface area (Å²) in [4.78, 5) is 16.4. The summed E-state index contributed by atoms with van der Waals surface area (Å²) < 4.78 is 0. The summed E-state index contributed by atoms with van der Waals surface area (Å²) in [5, 5.41) is 13.4. The highest BCUT2D eigenvalue weighted by atomic mass is 32.1. The molecule has 6 heteroatoms. The second-order valence-electron chi connectivity index (χ2n) is 4.18. The van der Waals surface area contributed by atoms with E-state index in [2.05, 4.69) is 20.5 Å². The molecule has 2 heterocycles. The van der Waals surface area contributed by atoms with Crippen LogP contribution in [0.5, 0.6) is 0 Å². The topological polar surface area (TPSA) is 70.7 Å². The Balaban J connectivity index is 1.84. The fourth-order valence-corrected chi connectivity index (χ4v) is 2.56. The predicted octanol–water partition coefficient (Wildman–Crippen LogP) is 2.51. The number of benzene rings is 1. The molecular formula is C13H12N4OS. The minimum Gasteiger partial charge on any atom is -0.342 e. The number of carbonyl (C=O) groups is 1. The lowest BCUT2D eigenvalue weighted by atomic mass is 10.2. The Morgan fingerprint density at radius 2 is 2.26 bits per heavy atom. The summed E-state index contributed by atoms with van der Waals surface area (Å²) in [5.41, 5.74) is 1.27. The molecule has 3 aromatic rings. The molecule has 2 N–H and O–H groups in total. The molecule has 0 spiro atoms. The maximum absolute atomic E-state index is 12.2. The van der Waals surface area contributed by atoms with Crippen molar-refractivity contribution >= 4 is 28.1 Å². The fraction of sp³-hybridized carbons (Fsp3) is 0.154. The van der Waals surface area contributed by atoms with Crippen LogP contribution in [0.4, 0.5) is 0 Å². The molecule has 0 fully saturated rings. The van der Waals surface area contributed by atoms with Gasteiger partial charge in [-0.25, -0.2) is 4.98 Å². The Kier molecular flexibility index (Phi) is 3.00. The zero-order chi connectivity index (χ0) is 13.2. The van der Waals surface area contributed by atoms with Crippen LogP contribution in [0.2, 0.25) is 0 Å². The third-order valence-electron chi connectivity index (χ3n) is 2.85. The number of aromatic amines is 1. The van der Waals surface area contributed by atoms with Gasteiger partial charge in [-0.2, -0.15) is 5.10 Å². The molecule has 0 aliphatic heterocycles. The van der Waals surface area contributed by atoms with Crippen LogP contribution < -0.4 is 5.32 Å². The van der Waals surface area contributed by atoms with Crippen molar-refractivity contribution < 1.29 is 4.79 Å². The number of para-hydroxylation sites is 1. The number of H-pyrrole nitrogens is 1. The molecule has 0 saturated heterocycles. The van der Waals surface area contributed by atoms with E-state index >= 15 is 0 Å². The second-order valence-corrected chi connectivity index (χ2v) is 5.11. The maximum Gasteiger partial charge on any atom is 0.272 e. The van der Waals surface area contributed by atoms with Crippen molar-refractivity contribution in [2.75, 3.05) is 0 Å². The zero-order valence-electron chi connectivity index (χ0n) is 10.3. The minimum absolute atomic E-state index is 0.122. The van der Waals surface area contributed by atoms with Gasteiger partial charge in [-0.15, -0.1) is 11.3 Å². The number of hydrogen-bond acceptors (Lipinski definition) is 4. The Morgan fingerprint density at radius 1 is 1.42 bits per heavy atom. The van der Waals surface area contributed by atoms with Crippen LogP contribution in [0.15, 0.2) is 35.8 Å². The van der Waals surface area contributed by atoms with Gasteiger partial charge in [-0.05, 0) is 13.0 Å². The molecule has 3 rings (SSSR count). The summed E-state index contributed by atoms with van der Waals surface area (Å²) in [6.07, 6.45) is 1.73. The fourth-order valence-electron chi connectivity index (χ4n) is 1.91. The lowest BCUT2D eigenvalue weighted by Crippen LogP contribution is -2.27. The maximum atomic E-state index is 12.2. The number of aromatic nitrogens is 3. The smallest absolute Gasteiger partial charge is 0.272 e. The first-order valence-corrected chi connectivity index (χ1v) is 6.77. The Morgan fingerprint density at radius 3 is 3.05 bits per heavy atom. The van der Waals surface area contributed by atoms with E-state index in [1.807, 2.05) is 36.6 Å². The van der Waals surface area contributed by atoms with E-state index in [1.54, 1.807) is 6.20 Å². The van der Waals surface area contributed by atoms with Gasteiger partial charge in [0.2, 0.25) is 0 Å². The largest absolute Gasteiger partial charge is 0.342 e. The molecule has 5 nitrogen and oxygen atoms in total. The van der Waals surface area contributed by atoms with Crippen LogP contribution in [0.25, 0.3) is 10.9 Å². The summed E-state index contributed by atoms with van der Waals surface area (Å²) in [6, 6.07) is 7.44. The van der Waals surface area contributed by atoms with Gasteiger partial charge >= 0.3 is 0 Å². The molecule has 1 atom stereocenters. The van der Waals surface area contributed by atoms with E-state index in [-0.39, 0.29) is 11.9 Å². The summed E-state index contributed by atoms with van der Waals surface area (Å²) >= 11 is 1.52. The number of thiazole rings is 1. The predicted molar refractivity (Wildman–Crippen MR) is 74.1 cm³/mol. The van der Waals surface area contributed by atoms with E-state index < -0.39 is 0 Å². The van der Waals surface area contributed by atoms with Crippen LogP contribution in [0.1, 0.15) is 28.5 Å². The lowest BCUT2D eigenvalue weighted by Gasteiger charge is -2.09. The van der Waals surface area contributed by atoms with Crippen molar-refractivity contribution in [3.05, 3.63) is 46.5 Å². The number of carbonyl (C=O) groups excluding carboxylic acids is 1. The zero-order valence-corrected chi connectivity index (χ0v) is 11.1. The van der Waals surface area contributed by atoms with Gasteiger partial charge in [0.1, 0.15) is 5.01 Å². The number of fused-ring (bicyclic) bond motifs is 1. The van der Waals surface area contributed by atoms with Crippen molar-refractivity contribution in [3.8, 4) is 0 Å². The molecule has 0 aliphatic rings. The Bertz CT molecular complexity index is 704. The highest BCUT2D eigenvalue weighted by Crippen LogP contribution is 2.18. The molecule has 0 aliphatic carbocycles. The number of nitrogens with one attached hydrogen (secondary N) is 2. The van der Waals surface area contributed by atoms with Gasteiger partial charge in [0, 0.05) is 17.0 Å². The normalized spacial score (nSPS) is 12.5. The highest BCUT2D eigenvalue weighted by molar-refractivity contribution is 7.09. The standard InChI is InChI=1S/C13H12N4OS/c1-8(13-14-6-7-19-13)15-12(18)11-9-4-2-3-5-10(9)16-17-11/h2-8H,1H3,(H,15,18)(H,16,17). The molecule has 1 aromatic carbocycles. The summed E-state index contributed by atoms with van der Waals surface area (Å²) in [5.74, 6) is -0.194. The molecule has 1 unspecified atom stereocenters. The van der Waals surface area contributed by atoms with E-state index in [4.69, 9.17) is 0 Å². The molecule has 19 heavy (non-hydrogen) atoms. The monoisotopic (exact) mass is 272 g/mol. The Hall–Kier alpha value is -2.21. The molecule has 96 valence electrons. The van der Waals surface area contributed by atoms with Crippen LogP contribution in [-0.4, -0.2) is 21.1 Å². The Labute approximate surface area is 113 Å². The number of nitrogens with zero attached hydrogens (tertiary/aromatic N) is 2. The molecule has 0 radical (unpaired) electrons. The lowest BCUT2D eigenvalue weighted by molar-refractivity contribution is 0.0936. The third-order valence-corrected chi connectivity index (χ3v) is 3.81. The number of amides is 1. The average molecular weight is 272 g/mol. The molecule has 0 saturated carbocycles. The highest BCUT2D eigenvalue weighted by Gasteiger charge is 2.17. The van der Waals surface area contributed by atoms with Crippen LogP contribution in [0.3, 0.4) is 0 Å². The van der Waals surface area contributed by atoms with Gasteiger partial charge < -0.3 is 5.32 Å². The van der Waals surface area contributed by atoms with Gasteiger partial charge in [-0.1, -0.05) is 18.2 Å². The van der Waals surface area contributed by atoms with E-state index in [0.717, 1.165) is 15.9 Å². The third kappa shape index (κ3) is 2.22. The van der Waals surface area contributed by atoms with E-state index in [1.165, 1.54) is 11.3 Å². The number of rotatable bonds is 3. The van der Waals surface area contributed by atoms with Crippen LogP contribution >= 0.6 is 11.3 Å². The summed E-state index contributed by atoms with van der Waals surface area (Å²) in [6.45, 7) is 1.91. The first-order valence-electron chi connectivity index (χ1n) is 5.89. The minimum atomic E-state index is -0.194. The van der Waals surface area contributed by atoms with Crippen LogP contribution in [-0.2, 0) is 0 Å². The van der Waals surface area contributed by atoms with Crippen LogP contribution in [0, 0.1) is 0 Å². The van der Waals surface area contributed by atoms with Crippen molar-refractivity contribution in [1.82, 2.24) is 20.5 Å².